The third-order valence-corrected chi connectivity index (χ3v) is 6.88. The molecule has 2 aliphatic heterocycles. The van der Waals surface area contributed by atoms with Crippen LogP contribution in [0.1, 0.15) is 39.0 Å². The molecule has 0 aromatic heterocycles. The lowest BCUT2D eigenvalue weighted by Crippen LogP contribution is -2.48. The van der Waals surface area contributed by atoms with Gasteiger partial charge in [0.2, 0.25) is 15.9 Å². The first kappa shape index (κ1) is 14.3. The molecule has 3 rings (SSSR count). The van der Waals surface area contributed by atoms with Crippen LogP contribution in [0, 0.1) is 11.8 Å². The molecule has 5 nitrogen and oxygen atoms in total. The molecular weight excluding hydrogens is 276 g/mol. The van der Waals surface area contributed by atoms with E-state index in [-0.39, 0.29) is 17.6 Å². The van der Waals surface area contributed by atoms with Crippen LogP contribution in [0.25, 0.3) is 0 Å². The van der Waals surface area contributed by atoms with E-state index in [4.69, 9.17) is 0 Å². The minimum absolute atomic E-state index is 0.121. The van der Waals surface area contributed by atoms with Gasteiger partial charge in [0, 0.05) is 25.7 Å². The van der Waals surface area contributed by atoms with Gasteiger partial charge in [-0.05, 0) is 44.9 Å². The van der Waals surface area contributed by atoms with E-state index in [0.29, 0.717) is 19.1 Å². The maximum atomic E-state index is 12.7. The molecule has 1 aliphatic carbocycles. The van der Waals surface area contributed by atoms with Crippen LogP contribution < -0.4 is 0 Å². The lowest BCUT2D eigenvalue weighted by molar-refractivity contribution is -0.138. The Hall–Kier alpha value is -0.620. The van der Waals surface area contributed by atoms with Gasteiger partial charge in [-0.1, -0.05) is 0 Å². The number of hydrogen-bond donors (Lipinski definition) is 0. The summed E-state index contributed by atoms with van der Waals surface area (Å²) >= 11 is 0. The number of nitrogens with zero attached hydrogens (tertiary/aromatic N) is 2. The summed E-state index contributed by atoms with van der Waals surface area (Å²) in [6.07, 6.45) is 5.17. The molecule has 1 saturated carbocycles. The Balaban J connectivity index is 1.66. The summed E-state index contributed by atoms with van der Waals surface area (Å²) in [6.45, 7) is 3.51. The second kappa shape index (κ2) is 5.30. The van der Waals surface area contributed by atoms with E-state index >= 15 is 0 Å². The summed E-state index contributed by atoms with van der Waals surface area (Å²) in [7, 11) is -3.16. The molecule has 1 amide bonds. The van der Waals surface area contributed by atoms with E-state index in [1.54, 1.807) is 6.92 Å². The number of rotatable bonds is 3. The van der Waals surface area contributed by atoms with Crippen molar-refractivity contribution >= 4 is 15.9 Å². The van der Waals surface area contributed by atoms with Gasteiger partial charge in [-0.3, -0.25) is 4.79 Å². The molecule has 20 heavy (non-hydrogen) atoms. The monoisotopic (exact) mass is 300 g/mol. The van der Waals surface area contributed by atoms with Crippen LogP contribution >= 0.6 is 0 Å². The lowest BCUT2D eigenvalue weighted by atomic mass is 9.97. The van der Waals surface area contributed by atoms with Crippen molar-refractivity contribution < 1.29 is 13.2 Å². The summed E-state index contributed by atoms with van der Waals surface area (Å²) in [5, 5.41) is 0. The first-order valence-electron chi connectivity index (χ1n) is 7.81. The molecule has 0 N–H and O–H groups in total. The highest BCUT2D eigenvalue weighted by Crippen LogP contribution is 2.43. The second-order valence-electron chi connectivity index (χ2n) is 6.33. The zero-order valence-corrected chi connectivity index (χ0v) is 12.9. The Labute approximate surface area is 121 Å². The summed E-state index contributed by atoms with van der Waals surface area (Å²) in [5.74, 6) is 0.937. The molecule has 0 radical (unpaired) electrons. The molecule has 0 aromatic carbocycles. The summed E-state index contributed by atoms with van der Waals surface area (Å²) in [4.78, 5) is 14.7. The molecule has 0 spiro atoms. The van der Waals surface area contributed by atoms with Crippen molar-refractivity contribution in [3.8, 4) is 0 Å². The van der Waals surface area contributed by atoms with E-state index in [0.717, 1.165) is 38.1 Å². The van der Waals surface area contributed by atoms with Crippen molar-refractivity contribution in [2.45, 2.75) is 45.1 Å². The molecule has 3 fully saturated rings. The van der Waals surface area contributed by atoms with Crippen LogP contribution in [-0.2, 0) is 14.8 Å². The Bertz CT molecular complexity index is 491. The fraction of sp³-hybridized carbons (Fsp3) is 0.929. The second-order valence-corrected chi connectivity index (χ2v) is 8.59. The number of likely N-dealkylation sites (tertiary alicyclic amines) is 1. The van der Waals surface area contributed by atoms with E-state index in [2.05, 4.69) is 0 Å². The van der Waals surface area contributed by atoms with E-state index in [1.165, 1.54) is 10.7 Å². The van der Waals surface area contributed by atoms with E-state index in [1.807, 2.05) is 4.90 Å². The molecule has 2 saturated heterocycles. The van der Waals surface area contributed by atoms with Crippen LogP contribution in [0.5, 0.6) is 0 Å². The molecule has 3 aliphatic rings. The maximum absolute atomic E-state index is 12.7. The van der Waals surface area contributed by atoms with Gasteiger partial charge >= 0.3 is 0 Å². The predicted octanol–water partition coefficient (Wildman–Crippen LogP) is 1.06. The van der Waals surface area contributed by atoms with Gasteiger partial charge in [0.05, 0.1) is 11.7 Å². The van der Waals surface area contributed by atoms with Crippen molar-refractivity contribution in [2.75, 3.05) is 25.4 Å². The molecular formula is C14H24N2O3S. The van der Waals surface area contributed by atoms with Gasteiger partial charge in [0.1, 0.15) is 0 Å². The van der Waals surface area contributed by atoms with Crippen LogP contribution in [0.2, 0.25) is 0 Å². The Morgan fingerprint density at radius 3 is 2.70 bits per heavy atom. The number of amides is 1. The van der Waals surface area contributed by atoms with Gasteiger partial charge in [0.25, 0.3) is 0 Å². The minimum Gasteiger partial charge on any atom is -0.339 e. The number of hydrogen-bond acceptors (Lipinski definition) is 3. The molecule has 0 bridgehead atoms. The third kappa shape index (κ3) is 2.60. The van der Waals surface area contributed by atoms with Crippen LogP contribution in [0.3, 0.4) is 0 Å². The predicted molar refractivity (Wildman–Crippen MR) is 76.6 cm³/mol. The first-order chi connectivity index (χ1) is 9.53. The summed E-state index contributed by atoms with van der Waals surface area (Å²) in [5.41, 5.74) is 0. The van der Waals surface area contributed by atoms with E-state index < -0.39 is 10.0 Å². The molecule has 2 heterocycles. The van der Waals surface area contributed by atoms with Gasteiger partial charge in [-0.25, -0.2) is 12.7 Å². The summed E-state index contributed by atoms with van der Waals surface area (Å²) < 4.78 is 25.5. The van der Waals surface area contributed by atoms with Gasteiger partial charge < -0.3 is 4.90 Å². The van der Waals surface area contributed by atoms with Crippen molar-refractivity contribution in [3.63, 3.8) is 0 Å². The SMILES string of the molecule is CCS(=O)(=O)N1CCCC(C(=O)N2CCCC3CC32)C1. The number of carbonyl (C=O) groups excluding carboxylic acids is 1. The number of sulfonamides is 1. The number of fused-ring (bicyclic) bond motifs is 1. The van der Waals surface area contributed by atoms with Gasteiger partial charge in [-0.2, -0.15) is 0 Å². The van der Waals surface area contributed by atoms with Crippen molar-refractivity contribution in [1.82, 2.24) is 9.21 Å². The average molecular weight is 300 g/mol. The Kier molecular flexibility index (Phi) is 3.79. The Morgan fingerprint density at radius 1 is 1.20 bits per heavy atom. The first-order valence-corrected chi connectivity index (χ1v) is 9.42. The highest BCUT2D eigenvalue weighted by Gasteiger charge is 2.47. The molecule has 6 heteroatoms. The average Bonchev–Trinajstić information content (AvgIpc) is 3.26. The van der Waals surface area contributed by atoms with Gasteiger partial charge in [-0.15, -0.1) is 0 Å². The molecule has 0 aromatic rings. The molecule has 3 unspecified atom stereocenters. The van der Waals surface area contributed by atoms with Gasteiger partial charge in [0.15, 0.2) is 0 Å². The standard InChI is InChI=1S/C14H24N2O3S/c1-2-20(18,19)15-7-3-6-12(10-15)14(17)16-8-4-5-11-9-13(11)16/h11-13H,2-10H2,1H3. The quantitative estimate of drug-likeness (QED) is 0.783. The van der Waals surface area contributed by atoms with Crippen LogP contribution in [-0.4, -0.2) is 55.0 Å². The van der Waals surface area contributed by atoms with Crippen molar-refractivity contribution in [2.24, 2.45) is 11.8 Å². The molecule has 3 atom stereocenters. The minimum atomic E-state index is -3.16. The fourth-order valence-electron chi connectivity index (χ4n) is 3.70. The normalized spacial score (nSPS) is 34.6. The molecule has 114 valence electrons. The van der Waals surface area contributed by atoms with Crippen molar-refractivity contribution in [3.05, 3.63) is 0 Å². The summed E-state index contributed by atoms with van der Waals surface area (Å²) in [6, 6.07) is 0.467. The number of piperidine rings is 2. The lowest BCUT2D eigenvalue weighted by Gasteiger charge is -2.35. The Morgan fingerprint density at radius 2 is 1.95 bits per heavy atom. The number of carbonyl (C=O) groups is 1. The van der Waals surface area contributed by atoms with E-state index in [9.17, 15) is 13.2 Å². The maximum Gasteiger partial charge on any atom is 0.227 e. The zero-order valence-electron chi connectivity index (χ0n) is 12.1. The van der Waals surface area contributed by atoms with Crippen molar-refractivity contribution in [1.29, 1.82) is 0 Å². The topological polar surface area (TPSA) is 57.7 Å². The van der Waals surface area contributed by atoms with Crippen LogP contribution in [0.15, 0.2) is 0 Å². The zero-order chi connectivity index (χ0) is 14.3. The highest BCUT2D eigenvalue weighted by atomic mass is 32.2. The largest absolute Gasteiger partial charge is 0.339 e. The highest BCUT2D eigenvalue weighted by molar-refractivity contribution is 7.89. The van der Waals surface area contributed by atoms with Crippen LogP contribution in [0.4, 0.5) is 0 Å². The third-order valence-electron chi connectivity index (χ3n) is 5.03. The fourth-order valence-corrected chi connectivity index (χ4v) is 4.88. The smallest absolute Gasteiger partial charge is 0.227 e.